The molecule has 0 aliphatic carbocycles. The van der Waals surface area contributed by atoms with E-state index in [4.69, 9.17) is 0 Å². The number of benzene rings is 1. The molecule has 0 saturated carbocycles. The van der Waals surface area contributed by atoms with E-state index in [0.717, 1.165) is 0 Å². The molecule has 0 spiro atoms. The second-order valence-corrected chi connectivity index (χ2v) is 4.04. The van der Waals surface area contributed by atoms with Crippen molar-refractivity contribution >= 4 is 17.7 Å². The van der Waals surface area contributed by atoms with Crippen molar-refractivity contribution in [1.29, 1.82) is 0 Å². The standard InChI is InChI=1S/C13H17FN2O3/c1-16(8-4-7-12(17)19-2)13(18)15-11-6-3-5-10(14)9-11/h3,5-6,9H,4,7-8H2,1-2H3,(H,15,18). The van der Waals surface area contributed by atoms with Gasteiger partial charge in [-0.15, -0.1) is 0 Å². The molecule has 0 unspecified atom stereocenters. The molecular weight excluding hydrogens is 251 g/mol. The number of nitrogens with one attached hydrogen (secondary N) is 1. The molecule has 1 rings (SSSR count). The predicted molar refractivity (Wildman–Crippen MR) is 69.3 cm³/mol. The molecule has 0 aliphatic heterocycles. The normalized spacial score (nSPS) is 9.84. The summed E-state index contributed by atoms with van der Waals surface area (Å²) in [5.41, 5.74) is 0.393. The molecule has 2 amide bonds. The summed E-state index contributed by atoms with van der Waals surface area (Å²) in [6.45, 7) is 0.413. The lowest BCUT2D eigenvalue weighted by Crippen LogP contribution is -2.32. The average Bonchev–Trinajstić information content (AvgIpc) is 2.38. The van der Waals surface area contributed by atoms with Gasteiger partial charge in [-0.2, -0.15) is 0 Å². The number of nitrogens with zero attached hydrogens (tertiary/aromatic N) is 1. The van der Waals surface area contributed by atoms with Crippen LogP contribution in [-0.2, 0) is 9.53 Å². The molecule has 0 radical (unpaired) electrons. The first-order chi connectivity index (χ1) is 9.02. The molecule has 0 bridgehead atoms. The Morgan fingerprint density at radius 1 is 1.42 bits per heavy atom. The number of methoxy groups -OCH3 is 1. The van der Waals surface area contributed by atoms with Crippen molar-refractivity contribution in [3.8, 4) is 0 Å². The third kappa shape index (κ3) is 5.37. The number of esters is 1. The number of halogens is 1. The summed E-state index contributed by atoms with van der Waals surface area (Å²) >= 11 is 0. The van der Waals surface area contributed by atoms with Gasteiger partial charge in [0.15, 0.2) is 0 Å². The Morgan fingerprint density at radius 2 is 2.16 bits per heavy atom. The van der Waals surface area contributed by atoms with Gasteiger partial charge in [0.25, 0.3) is 0 Å². The van der Waals surface area contributed by atoms with Crippen LogP contribution in [-0.4, -0.2) is 37.6 Å². The van der Waals surface area contributed by atoms with Crippen LogP contribution in [0.15, 0.2) is 24.3 Å². The Morgan fingerprint density at radius 3 is 2.79 bits per heavy atom. The van der Waals surface area contributed by atoms with E-state index in [1.807, 2.05) is 0 Å². The van der Waals surface area contributed by atoms with E-state index in [-0.39, 0.29) is 18.4 Å². The molecule has 0 atom stereocenters. The first-order valence-electron chi connectivity index (χ1n) is 5.87. The van der Waals surface area contributed by atoms with Crippen LogP contribution >= 0.6 is 0 Å². The van der Waals surface area contributed by atoms with Crippen molar-refractivity contribution in [2.75, 3.05) is 26.0 Å². The number of anilines is 1. The topological polar surface area (TPSA) is 58.6 Å². The highest BCUT2D eigenvalue weighted by atomic mass is 19.1. The fraction of sp³-hybridized carbons (Fsp3) is 0.385. The Bertz CT molecular complexity index is 451. The van der Waals surface area contributed by atoms with Crippen LogP contribution in [0.25, 0.3) is 0 Å². The summed E-state index contributed by atoms with van der Waals surface area (Å²) in [5, 5.41) is 2.57. The fourth-order valence-electron chi connectivity index (χ4n) is 1.45. The molecule has 0 aromatic heterocycles. The molecule has 6 heteroatoms. The number of carbonyl (C=O) groups excluding carboxylic acids is 2. The highest BCUT2D eigenvalue weighted by Crippen LogP contribution is 2.09. The van der Waals surface area contributed by atoms with E-state index in [0.29, 0.717) is 18.7 Å². The lowest BCUT2D eigenvalue weighted by Gasteiger charge is -2.17. The van der Waals surface area contributed by atoms with E-state index in [1.165, 1.54) is 30.2 Å². The fourth-order valence-corrected chi connectivity index (χ4v) is 1.45. The van der Waals surface area contributed by atoms with Crippen molar-refractivity contribution < 1.29 is 18.7 Å². The Kier molecular flexibility index (Phi) is 5.78. The van der Waals surface area contributed by atoms with Gasteiger partial charge in [0.1, 0.15) is 5.82 Å². The molecular formula is C13H17FN2O3. The minimum atomic E-state index is -0.411. The number of rotatable bonds is 5. The van der Waals surface area contributed by atoms with Gasteiger partial charge < -0.3 is 15.0 Å². The van der Waals surface area contributed by atoms with Gasteiger partial charge in [0.05, 0.1) is 7.11 Å². The maximum atomic E-state index is 12.9. The largest absolute Gasteiger partial charge is 0.469 e. The highest BCUT2D eigenvalue weighted by Gasteiger charge is 2.09. The van der Waals surface area contributed by atoms with Gasteiger partial charge in [-0.05, 0) is 24.6 Å². The third-order valence-electron chi connectivity index (χ3n) is 2.52. The van der Waals surface area contributed by atoms with Crippen LogP contribution in [0.2, 0.25) is 0 Å². The maximum Gasteiger partial charge on any atom is 0.321 e. The van der Waals surface area contributed by atoms with Crippen LogP contribution in [0.3, 0.4) is 0 Å². The quantitative estimate of drug-likeness (QED) is 0.833. The summed E-state index contributed by atoms with van der Waals surface area (Å²) in [6.07, 6.45) is 0.772. The van der Waals surface area contributed by atoms with E-state index >= 15 is 0 Å². The minimum Gasteiger partial charge on any atom is -0.469 e. The number of hydrogen-bond acceptors (Lipinski definition) is 3. The van der Waals surface area contributed by atoms with Crippen LogP contribution < -0.4 is 5.32 Å². The first-order valence-corrected chi connectivity index (χ1v) is 5.87. The molecule has 0 fully saturated rings. The first kappa shape index (κ1) is 14.9. The monoisotopic (exact) mass is 268 g/mol. The van der Waals surface area contributed by atoms with Gasteiger partial charge >= 0.3 is 12.0 Å². The van der Waals surface area contributed by atoms with Crippen LogP contribution in [0.1, 0.15) is 12.8 Å². The minimum absolute atomic E-state index is 0.258. The lowest BCUT2D eigenvalue weighted by atomic mass is 10.3. The zero-order valence-corrected chi connectivity index (χ0v) is 11.0. The van der Waals surface area contributed by atoms with E-state index in [9.17, 15) is 14.0 Å². The molecule has 1 aromatic rings. The summed E-state index contributed by atoms with van der Waals surface area (Å²) in [6, 6.07) is 5.30. The van der Waals surface area contributed by atoms with Crippen LogP contribution in [0.5, 0.6) is 0 Å². The Labute approximate surface area is 111 Å². The molecule has 104 valence electrons. The summed E-state index contributed by atoms with van der Waals surface area (Å²) in [7, 11) is 2.93. The van der Waals surface area contributed by atoms with E-state index in [2.05, 4.69) is 10.1 Å². The average molecular weight is 268 g/mol. The molecule has 1 N–H and O–H groups in total. The predicted octanol–water partition coefficient (Wildman–Crippen LogP) is 2.24. The lowest BCUT2D eigenvalue weighted by molar-refractivity contribution is -0.140. The van der Waals surface area contributed by atoms with Crippen LogP contribution in [0, 0.1) is 5.82 Å². The summed E-state index contributed by atoms with van der Waals surface area (Å²) in [5.74, 6) is -0.718. The van der Waals surface area contributed by atoms with Crippen molar-refractivity contribution in [2.24, 2.45) is 0 Å². The van der Waals surface area contributed by atoms with Gasteiger partial charge in [-0.3, -0.25) is 4.79 Å². The van der Waals surface area contributed by atoms with Gasteiger partial charge in [0.2, 0.25) is 0 Å². The van der Waals surface area contributed by atoms with E-state index < -0.39 is 5.82 Å². The number of ether oxygens (including phenoxy) is 1. The Hall–Kier alpha value is -2.11. The number of urea groups is 1. The van der Waals surface area contributed by atoms with Crippen molar-refractivity contribution in [3.05, 3.63) is 30.1 Å². The SMILES string of the molecule is COC(=O)CCCN(C)C(=O)Nc1cccc(F)c1. The molecule has 0 aliphatic rings. The van der Waals surface area contributed by atoms with Crippen molar-refractivity contribution in [1.82, 2.24) is 4.90 Å². The summed E-state index contributed by atoms with van der Waals surface area (Å²) in [4.78, 5) is 24.1. The van der Waals surface area contributed by atoms with Gasteiger partial charge in [0, 0.05) is 25.7 Å². The number of hydrogen-bond donors (Lipinski definition) is 1. The molecule has 0 heterocycles. The number of amides is 2. The maximum absolute atomic E-state index is 12.9. The van der Waals surface area contributed by atoms with Gasteiger partial charge in [-0.25, -0.2) is 9.18 Å². The highest BCUT2D eigenvalue weighted by molar-refractivity contribution is 5.89. The van der Waals surface area contributed by atoms with Crippen molar-refractivity contribution in [2.45, 2.75) is 12.8 Å². The zero-order chi connectivity index (χ0) is 14.3. The zero-order valence-electron chi connectivity index (χ0n) is 11.0. The molecule has 1 aromatic carbocycles. The Balaban J connectivity index is 2.38. The van der Waals surface area contributed by atoms with Crippen LogP contribution in [0.4, 0.5) is 14.9 Å². The molecule has 5 nitrogen and oxygen atoms in total. The smallest absolute Gasteiger partial charge is 0.321 e. The molecule has 0 saturated heterocycles. The third-order valence-corrected chi connectivity index (χ3v) is 2.52. The van der Waals surface area contributed by atoms with Crippen molar-refractivity contribution in [3.63, 3.8) is 0 Å². The molecule has 19 heavy (non-hydrogen) atoms. The second-order valence-electron chi connectivity index (χ2n) is 4.04. The van der Waals surface area contributed by atoms with E-state index in [1.54, 1.807) is 13.1 Å². The summed E-state index contributed by atoms with van der Waals surface area (Å²) < 4.78 is 17.4. The van der Waals surface area contributed by atoms with Gasteiger partial charge in [-0.1, -0.05) is 6.07 Å². The number of carbonyl (C=O) groups is 2. The second kappa shape index (κ2) is 7.35.